The van der Waals surface area contributed by atoms with E-state index in [1.54, 1.807) is 6.08 Å². The molecule has 2 nitrogen and oxygen atoms in total. The average Bonchev–Trinajstić information content (AvgIpc) is 2.86. The van der Waals surface area contributed by atoms with Gasteiger partial charge in [0.2, 0.25) is 6.71 Å². The van der Waals surface area contributed by atoms with Crippen molar-refractivity contribution < 1.29 is 9.84 Å². The first-order valence-electron chi connectivity index (χ1n) is 10.7. The molecule has 0 saturated heterocycles. The van der Waals surface area contributed by atoms with E-state index in [0.29, 0.717) is 6.71 Å². The maximum atomic E-state index is 8.46. The Morgan fingerprint density at radius 2 is 1.38 bits per heavy atom. The third-order valence-corrected chi connectivity index (χ3v) is 5.61. The number of fused-ring (bicyclic) bond motifs is 2. The number of ether oxygens (including phenoxy) is 1. The predicted octanol–water partition coefficient (Wildman–Crippen LogP) is 6.47. The quantitative estimate of drug-likeness (QED) is 0.236. The molecule has 4 aromatic rings. The van der Waals surface area contributed by atoms with Crippen LogP contribution in [-0.2, 0) is 0 Å². The fourth-order valence-corrected chi connectivity index (χ4v) is 3.85. The number of para-hydroxylation sites is 1. The Bertz CT molecular complexity index is 1230. The van der Waals surface area contributed by atoms with Crippen molar-refractivity contribution in [3.8, 4) is 22.6 Å². The van der Waals surface area contributed by atoms with Crippen LogP contribution in [0.2, 0.25) is 6.82 Å². The van der Waals surface area contributed by atoms with E-state index in [1.165, 1.54) is 22.1 Å². The zero-order chi connectivity index (χ0) is 22.3. The lowest BCUT2D eigenvalue weighted by Gasteiger charge is -2.24. The number of hydrogen-bond acceptors (Lipinski definition) is 2. The summed E-state index contributed by atoms with van der Waals surface area (Å²) in [5.74, 6) is 1.95. The fraction of sp³-hybridized carbons (Fsp3) is 0.0345. The molecule has 1 heterocycles. The van der Waals surface area contributed by atoms with Crippen molar-refractivity contribution >= 4 is 23.2 Å². The molecule has 0 unspecified atom stereocenters. The Morgan fingerprint density at radius 1 is 0.750 bits per heavy atom. The van der Waals surface area contributed by atoms with Gasteiger partial charge in [0.25, 0.3) is 0 Å². The smallest absolute Gasteiger partial charge is 0.216 e. The van der Waals surface area contributed by atoms with E-state index in [-0.39, 0.29) is 0 Å². The topological polar surface area (TPSA) is 29.5 Å². The summed E-state index contributed by atoms with van der Waals surface area (Å²) < 4.78 is 6.04. The van der Waals surface area contributed by atoms with Gasteiger partial charge in [0.1, 0.15) is 11.5 Å². The van der Waals surface area contributed by atoms with Gasteiger partial charge in [-0.25, -0.2) is 0 Å². The zero-order valence-corrected chi connectivity index (χ0v) is 18.1. The predicted molar refractivity (Wildman–Crippen MR) is 137 cm³/mol. The van der Waals surface area contributed by atoms with Crippen molar-refractivity contribution in [1.82, 2.24) is 0 Å². The van der Waals surface area contributed by atoms with Gasteiger partial charge in [-0.3, -0.25) is 0 Å². The third-order valence-electron chi connectivity index (χ3n) is 5.61. The molecule has 0 radical (unpaired) electrons. The molecule has 3 heteroatoms. The second kappa shape index (κ2) is 9.89. The van der Waals surface area contributed by atoms with Gasteiger partial charge in [0, 0.05) is 0 Å². The summed E-state index contributed by atoms with van der Waals surface area (Å²) in [5.41, 5.74) is 6.84. The summed E-state index contributed by atoms with van der Waals surface area (Å²) in [6.07, 6.45) is 2.56. The van der Waals surface area contributed by atoms with Gasteiger partial charge >= 0.3 is 0 Å². The van der Waals surface area contributed by atoms with Crippen molar-refractivity contribution in [3.05, 3.63) is 128 Å². The standard InChI is InChI=1S/C19H15BO.C10H10O/c1-20-16-9-5-6-10-18(16)21-19-12-11-15(13-17(19)20)14-7-3-2-4-8-14;1-9(7-8-11)10-5-3-2-4-6-10/h2-13H,1H3;2-8,11H,1H2/b;8-7+. The number of rotatable bonds is 3. The highest BCUT2D eigenvalue weighted by Crippen LogP contribution is 2.27. The first kappa shape index (κ1) is 21.3. The molecule has 5 rings (SSSR count). The first-order chi connectivity index (χ1) is 15.7. The molecule has 4 aromatic carbocycles. The summed E-state index contributed by atoms with van der Waals surface area (Å²) in [6, 6.07) is 35.0. The largest absolute Gasteiger partial charge is 0.516 e. The number of hydrogen-bond donors (Lipinski definition) is 1. The van der Waals surface area contributed by atoms with E-state index in [1.807, 2.05) is 48.5 Å². The number of benzene rings is 4. The van der Waals surface area contributed by atoms with Crippen molar-refractivity contribution in [2.24, 2.45) is 0 Å². The van der Waals surface area contributed by atoms with E-state index in [4.69, 9.17) is 9.84 Å². The van der Waals surface area contributed by atoms with Crippen LogP contribution in [-0.4, -0.2) is 11.8 Å². The highest BCUT2D eigenvalue weighted by atomic mass is 16.5. The van der Waals surface area contributed by atoms with Crippen molar-refractivity contribution in [2.75, 3.05) is 0 Å². The van der Waals surface area contributed by atoms with Crippen LogP contribution in [0.5, 0.6) is 11.5 Å². The van der Waals surface area contributed by atoms with E-state index >= 15 is 0 Å². The van der Waals surface area contributed by atoms with Crippen molar-refractivity contribution in [2.45, 2.75) is 6.82 Å². The monoisotopic (exact) mass is 416 g/mol. The molecule has 0 amide bonds. The van der Waals surface area contributed by atoms with Crippen LogP contribution in [0.1, 0.15) is 5.56 Å². The summed E-state index contributed by atoms with van der Waals surface area (Å²) >= 11 is 0. The molecule has 156 valence electrons. The molecule has 0 atom stereocenters. The SMILES string of the molecule is C=C(/C=C/O)c1ccccc1.CB1c2ccccc2Oc2ccc(-c3ccccc3)cc21. The van der Waals surface area contributed by atoms with Crippen LogP contribution in [0.25, 0.3) is 16.7 Å². The lowest BCUT2D eigenvalue weighted by Crippen LogP contribution is -2.43. The Hall–Kier alpha value is -3.98. The van der Waals surface area contributed by atoms with Crippen LogP contribution in [0, 0.1) is 0 Å². The van der Waals surface area contributed by atoms with Crippen LogP contribution in [0.3, 0.4) is 0 Å². The Balaban J connectivity index is 0.000000189. The van der Waals surface area contributed by atoms with Crippen LogP contribution in [0.4, 0.5) is 0 Å². The first-order valence-corrected chi connectivity index (χ1v) is 10.7. The van der Waals surface area contributed by atoms with E-state index in [0.717, 1.165) is 28.9 Å². The van der Waals surface area contributed by atoms with E-state index in [9.17, 15) is 0 Å². The van der Waals surface area contributed by atoms with Gasteiger partial charge in [-0.05, 0) is 51.4 Å². The highest BCUT2D eigenvalue weighted by molar-refractivity contribution is 6.85. The van der Waals surface area contributed by atoms with E-state index < -0.39 is 0 Å². The molecular weight excluding hydrogens is 391 g/mol. The zero-order valence-electron chi connectivity index (χ0n) is 18.1. The molecule has 1 N–H and O–H groups in total. The lowest BCUT2D eigenvalue weighted by molar-refractivity contribution is 0.474. The van der Waals surface area contributed by atoms with Gasteiger partial charge < -0.3 is 9.84 Å². The molecule has 0 aromatic heterocycles. The molecule has 0 aliphatic carbocycles. The van der Waals surface area contributed by atoms with Gasteiger partial charge in [-0.1, -0.05) is 104 Å². The third kappa shape index (κ3) is 4.68. The molecule has 32 heavy (non-hydrogen) atoms. The minimum atomic E-state index is 0.355. The molecule has 1 aliphatic heterocycles. The Morgan fingerprint density at radius 3 is 2.09 bits per heavy atom. The number of aliphatic hydroxyl groups excluding tert-OH is 1. The lowest BCUT2D eigenvalue weighted by atomic mass is 9.41. The molecule has 0 spiro atoms. The summed E-state index contributed by atoms with van der Waals surface area (Å²) in [4.78, 5) is 0. The minimum Gasteiger partial charge on any atom is -0.516 e. The highest BCUT2D eigenvalue weighted by Gasteiger charge is 2.26. The van der Waals surface area contributed by atoms with Crippen LogP contribution < -0.4 is 15.7 Å². The summed E-state index contributed by atoms with van der Waals surface area (Å²) in [6.45, 7) is 6.37. The van der Waals surface area contributed by atoms with E-state index in [2.05, 4.69) is 68.0 Å². The molecule has 0 saturated carbocycles. The Kier molecular flexibility index (Phi) is 6.57. The normalized spacial score (nSPS) is 11.6. The molecule has 1 aliphatic rings. The maximum absolute atomic E-state index is 8.46. The summed E-state index contributed by atoms with van der Waals surface area (Å²) in [5, 5.41) is 8.46. The fourth-order valence-electron chi connectivity index (χ4n) is 3.85. The number of allylic oxidation sites excluding steroid dienone is 2. The van der Waals surface area contributed by atoms with Gasteiger partial charge in [-0.2, -0.15) is 0 Å². The minimum absolute atomic E-state index is 0.355. The molecule has 0 bridgehead atoms. The van der Waals surface area contributed by atoms with Crippen LogP contribution >= 0.6 is 0 Å². The maximum Gasteiger partial charge on any atom is 0.216 e. The van der Waals surface area contributed by atoms with Gasteiger partial charge in [0.05, 0.1) is 6.26 Å². The summed E-state index contributed by atoms with van der Waals surface area (Å²) in [7, 11) is 0. The average molecular weight is 416 g/mol. The van der Waals surface area contributed by atoms with Crippen molar-refractivity contribution in [3.63, 3.8) is 0 Å². The Labute approximate surface area is 190 Å². The van der Waals surface area contributed by atoms with Crippen LogP contribution in [0.15, 0.2) is 122 Å². The molecular formula is C29H25BO2. The second-order valence-corrected chi connectivity index (χ2v) is 7.69. The molecule has 0 fully saturated rings. The number of aliphatic hydroxyl groups is 1. The van der Waals surface area contributed by atoms with Gasteiger partial charge in [-0.15, -0.1) is 0 Å². The van der Waals surface area contributed by atoms with Crippen molar-refractivity contribution in [1.29, 1.82) is 0 Å². The second-order valence-electron chi connectivity index (χ2n) is 7.69. The van der Waals surface area contributed by atoms with Gasteiger partial charge in [0.15, 0.2) is 0 Å².